The number of aromatic carboxylic acids is 1. The minimum absolute atomic E-state index is 0.0681. The van der Waals surface area contributed by atoms with Crippen molar-refractivity contribution in [3.8, 4) is 0 Å². The first-order valence-corrected chi connectivity index (χ1v) is 10.9. The standard InChI is InChI=1S/C24H28O2S/c1-13-14(2)16(4)20-11-22-21(10-19(20)15(13)3)24(5,12-27-22)18-8-6-17(7-9-18)23(25)26/h6-11,13-16H,12H2,1-5H3,(H,25,26). The summed E-state index contributed by atoms with van der Waals surface area (Å²) in [7, 11) is 0. The second-order valence-corrected chi connectivity index (χ2v) is 9.79. The predicted molar refractivity (Wildman–Crippen MR) is 112 cm³/mol. The summed E-state index contributed by atoms with van der Waals surface area (Å²) < 4.78 is 0. The van der Waals surface area contributed by atoms with E-state index in [9.17, 15) is 9.90 Å². The van der Waals surface area contributed by atoms with E-state index in [0.717, 1.165) is 5.75 Å². The first kappa shape index (κ1) is 18.6. The largest absolute Gasteiger partial charge is 0.478 e. The molecule has 3 heteroatoms. The molecule has 1 aliphatic carbocycles. The SMILES string of the molecule is CC1c2cc3c(cc2C(C)C(C)C1C)C(C)(c1ccc(C(=O)O)cc1)CS3. The molecule has 0 bridgehead atoms. The topological polar surface area (TPSA) is 37.3 Å². The molecule has 0 saturated carbocycles. The Morgan fingerprint density at radius 3 is 2.11 bits per heavy atom. The van der Waals surface area contributed by atoms with Crippen molar-refractivity contribution in [2.24, 2.45) is 11.8 Å². The van der Waals surface area contributed by atoms with Gasteiger partial charge in [-0.1, -0.05) is 52.8 Å². The molecule has 0 radical (unpaired) electrons. The number of thioether (sulfide) groups is 1. The van der Waals surface area contributed by atoms with Crippen LogP contribution in [0.5, 0.6) is 0 Å². The maximum Gasteiger partial charge on any atom is 0.335 e. The molecule has 4 rings (SSSR count). The normalized spacial score (nSPS) is 32.0. The average molecular weight is 381 g/mol. The zero-order valence-corrected chi connectivity index (χ0v) is 17.6. The lowest BCUT2D eigenvalue weighted by atomic mass is 9.65. The molecule has 2 aromatic rings. The Morgan fingerprint density at radius 1 is 1.00 bits per heavy atom. The molecule has 0 aromatic heterocycles. The Bertz CT molecular complexity index is 901. The van der Waals surface area contributed by atoms with E-state index in [-0.39, 0.29) is 5.41 Å². The Kier molecular flexibility index (Phi) is 4.42. The summed E-state index contributed by atoms with van der Waals surface area (Å²) in [6, 6.07) is 12.4. The van der Waals surface area contributed by atoms with Gasteiger partial charge in [0.25, 0.3) is 0 Å². The zero-order chi connectivity index (χ0) is 19.5. The smallest absolute Gasteiger partial charge is 0.335 e. The van der Waals surface area contributed by atoms with E-state index in [1.54, 1.807) is 12.1 Å². The second-order valence-electron chi connectivity index (χ2n) is 8.78. The molecule has 0 spiro atoms. The van der Waals surface area contributed by atoms with Gasteiger partial charge < -0.3 is 5.11 Å². The van der Waals surface area contributed by atoms with Gasteiger partial charge in [0.1, 0.15) is 0 Å². The van der Waals surface area contributed by atoms with E-state index in [4.69, 9.17) is 0 Å². The third-order valence-corrected chi connectivity index (χ3v) is 8.82. The average Bonchev–Trinajstić information content (AvgIpc) is 3.01. The molecule has 0 fully saturated rings. The van der Waals surface area contributed by atoms with Crippen LogP contribution >= 0.6 is 11.8 Å². The summed E-state index contributed by atoms with van der Waals surface area (Å²) in [4.78, 5) is 12.6. The molecule has 2 nitrogen and oxygen atoms in total. The lowest BCUT2D eigenvalue weighted by Gasteiger charge is -2.40. The summed E-state index contributed by atoms with van der Waals surface area (Å²) in [6.07, 6.45) is 0. The van der Waals surface area contributed by atoms with Crippen LogP contribution in [0.4, 0.5) is 0 Å². The Hall–Kier alpha value is -1.74. The third-order valence-electron chi connectivity index (χ3n) is 7.45. The van der Waals surface area contributed by atoms with Gasteiger partial charge in [-0.25, -0.2) is 4.79 Å². The molecule has 2 aromatic carbocycles. The quantitative estimate of drug-likeness (QED) is 0.665. The molecule has 142 valence electrons. The van der Waals surface area contributed by atoms with Crippen LogP contribution in [0.2, 0.25) is 0 Å². The molecule has 0 amide bonds. The van der Waals surface area contributed by atoms with Crippen LogP contribution in [0.25, 0.3) is 0 Å². The van der Waals surface area contributed by atoms with Gasteiger partial charge in [0.2, 0.25) is 0 Å². The van der Waals surface area contributed by atoms with Crippen molar-refractivity contribution in [2.75, 3.05) is 5.75 Å². The van der Waals surface area contributed by atoms with E-state index in [1.165, 1.54) is 27.1 Å². The van der Waals surface area contributed by atoms with Crippen LogP contribution in [-0.2, 0) is 5.41 Å². The summed E-state index contributed by atoms with van der Waals surface area (Å²) >= 11 is 1.94. The van der Waals surface area contributed by atoms with Crippen LogP contribution in [0.3, 0.4) is 0 Å². The fourth-order valence-electron chi connectivity index (χ4n) is 4.95. The number of hydrogen-bond donors (Lipinski definition) is 1. The number of carboxylic acids is 1. The van der Waals surface area contributed by atoms with Crippen molar-refractivity contribution in [1.82, 2.24) is 0 Å². The number of rotatable bonds is 2. The highest BCUT2D eigenvalue weighted by Crippen LogP contribution is 2.53. The van der Waals surface area contributed by atoms with Crippen molar-refractivity contribution in [3.63, 3.8) is 0 Å². The van der Waals surface area contributed by atoms with Crippen molar-refractivity contribution in [3.05, 3.63) is 64.2 Å². The van der Waals surface area contributed by atoms with Crippen molar-refractivity contribution >= 4 is 17.7 Å². The van der Waals surface area contributed by atoms with E-state index in [2.05, 4.69) is 46.8 Å². The van der Waals surface area contributed by atoms with Crippen molar-refractivity contribution in [1.29, 1.82) is 0 Å². The summed E-state index contributed by atoms with van der Waals surface area (Å²) in [6.45, 7) is 11.8. The molecular weight excluding hydrogens is 352 g/mol. The molecule has 1 aliphatic heterocycles. The zero-order valence-electron chi connectivity index (χ0n) is 16.7. The molecule has 1 heterocycles. The van der Waals surface area contributed by atoms with Gasteiger partial charge in [-0.05, 0) is 64.1 Å². The maximum atomic E-state index is 11.2. The predicted octanol–water partition coefficient (Wildman–Crippen LogP) is 6.29. The Labute approximate surface area is 166 Å². The van der Waals surface area contributed by atoms with Gasteiger partial charge in [0.05, 0.1) is 5.56 Å². The summed E-state index contributed by atoms with van der Waals surface area (Å²) in [5.74, 6) is 2.69. The van der Waals surface area contributed by atoms with Gasteiger partial charge in [0, 0.05) is 16.1 Å². The fraction of sp³-hybridized carbons (Fsp3) is 0.458. The molecule has 1 N–H and O–H groups in total. The van der Waals surface area contributed by atoms with Gasteiger partial charge in [0.15, 0.2) is 0 Å². The molecule has 5 atom stereocenters. The van der Waals surface area contributed by atoms with Crippen molar-refractivity contribution < 1.29 is 9.90 Å². The molecule has 0 saturated heterocycles. The van der Waals surface area contributed by atoms with Crippen LogP contribution in [0.1, 0.15) is 79.1 Å². The van der Waals surface area contributed by atoms with Crippen LogP contribution < -0.4 is 0 Å². The van der Waals surface area contributed by atoms with Crippen LogP contribution in [0.15, 0.2) is 41.3 Å². The molecular formula is C24H28O2S. The second kappa shape index (κ2) is 6.41. The van der Waals surface area contributed by atoms with Gasteiger partial charge in [-0.15, -0.1) is 11.8 Å². The minimum Gasteiger partial charge on any atom is -0.478 e. The monoisotopic (exact) mass is 380 g/mol. The maximum absolute atomic E-state index is 11.2. The number of fused-ring (bicyclic) bond motifs is 2. The highest BCUT2D eigenvalue weighted by Gasteiger charge is 2.41. The minimum atomic E-state index is -0.868. The number of hydrogen-bond acceptors (Lipinski definition) is 2. The van der Waals surface area contributed by atoms with E-state index in [1.807, 2.05) is 23.9 Å². The van der Waals surface area contributed by atoms with Gasteiger partial charge in [-0.2, -0.15) is 0 Å². The third kappa shape index (κ3) is 2.74. The molecule has 2 aliphatic rings. The fourth-order valence-corrected chi connectivity index (χ4v) is 6.36. The molecule has 27 heavy (non-hydrogen) atoms. The lowest BCUT2D eigenvalue weighted by molar-refractivity contribution is 0.0697. The van der Waals surface area contributed by atoms with E-state index in [0.29, 0.717) is 29.2 Å². The summed E-state index contributed by atoms with van der Waals surface area (Å²) in [5, 5.41) is 9.19. The Morgan fingerprint density at radius 2 is 1.56 bits per heavy atom. The van der Waals surface area contributed by atoms with E-state index >= 15 is 0 Å². The Balaban J connectivity index is 1.81. The summed E-state index contributed by atoms with van der Waals surface area (Å²) in [5.41, 5.74) is 5.95. The number of carboxylic acid groups (broad SMARTS) is 1. The van der Waals surface area contributed by atoms with Crippen molar-refractivity contribution in [2.45, 2.75) is 56.8 Å². The first-order valence-electron chi connectivity index (χ1n) is 9.89. The van der Waals surface area contributed by atoms with Gasteiger partial charge >= 0.3 is 5.97 Å². The van der Waals surface area contributed by atoms with Gasteiger partial charge in [-0.3, -0.25) is 0 Å². The number of benzene rings is 2. The lowest BCUT2D eigenvalue weighted by Crippen LogP contribution is -2.29. The van der Waals surface area contributed by atoms with E-state index < -0.39 is 5.97 Å². The highest BCUT2D eigenvalue weighted by molar-refractivity contribution is 7.99. The highest BCUT2D eigenvalue weighted by atomic mass is 32.2. The number of carbonyl (C=O) groups is 1. The van der Waals surface area contributed by atoms with Crippen LogP contribution in [0, 0.1) is 11.8 Å². The first-order chi connectivity index (χ1) is 12.7. The molecule has 5 unspecified atom stereocenters. The van der Waals surface area contributed by atoms with Crippen LogP contribution in [-0.4, -0.2) is 16.8 Å².